The summed E-state index contributed by atoms with van der Waals surface area (Å²) in [4.78, 5) is 4.56. The van der Waals surface area contributed by atoms with Crippen LogP contribution >= 0.6 is 0 Å². The van der Waals surface area contributed by atoms with Gasteiger partial charge in [0.1, 0.15) is 5.75 Å². The molecule has 0 aliphatic heterocycles. The van der Waals surface area contributed by atoms with E-state index in [2.05, 4.69) is 15.0 Å². The molecule has 0 aromatic heterocycles. The zero-order chi connectivity index (χ0) is 18.1. The van der Waals surface area contributed by atoms with Crippen molar-refractivity contribution in [1.29, 1.82) is 0 Å². The molecule has 1 aromatic carbocycles. The van der Waals surface area contributed by atoms with E-state index in [0.29, 0.717) is 12.3 Å². The minimum atomic E-state index is -4.70. The predicted octanol–water partition coefficient (Wildman–Crippen LogP) is 3.66. The molecular formula is C17H22F3N3O2. The molecule has 1 spiro atoms. The van der Waals surface area contributed by atoms with Crippen LogP contribution < -0.4 is 15.8 Å². The Kier molecular flexibility index (Phi) is 4.81. The van der Waals surface area contributed by atoms with Crippen LogP contribution in [0.15, 0.2) is 29.3 Å². The van der Waals surface area contributed by atoms with Gasteiger partial charge in [0.2, 0.25) is 0 Å². The minimum absolute atomic E-state index is 0.118. The number of hydrogen-bond acceptors (Lipinski definition) is 3. The Morgan fingerprint density at radius 3 is 2.52 bits per heavy atom. The van der Waals surface area contributed by atoms with Crippen molar-refractivity contribution in [2.24, 2.45) is 16.1 Å². The topological polar surface area (TPSA) is 68.9 Å². The molecule has 0 radical (unpaired) electrons. The molecule has 0 heterocycles. The van der Waals surface area contributed by atoms with Crippen molar-refractivity contribution in [2.75, 3.05) is 11.9 Å². The van der Waals surface area contributed by atoms with Gasteiger partial charge in [0, 0.05) is 17.7 Å². The lowest BCUT2D eigenvalue weighted by atomic mass is 9.51. The summed E-state index contributed by atoms with van der Waals surface area (Å²) in [7, 11) is 0. The fraction of sp³-hybridized carbons (Fsp3) is 0.588. The van der Waals surface area contributed by atoms with Crippen LogP contribution in [0.2, 0.25) is 0 Å². The average molecular weight is 357 g/mol. The van der Waals surface area contributed by atoms with Crippen LogP contribution in [0.25, 0.3) is 0 Å². The Morgan fingerprint density at radius 2 is 2.00 bits per heavy atom. The third-order valence-corrected chi connectivity index (χ3v) is 5.05. The van der Waals surface area contributed by atoms with E-state index in [1.54, 1.807) is 0 Å². The van der Waals surface area contributed by atoms with E-state index in [1.807, 2.05) is 6.92 Å². The first-order chi connectivity index (χ1) is 11.8. The summed E-state index contributed by atoms with van der Waals surface area (Å²) in [6, 6.07) is 5.52. The van der Waals surface area contributed by atoms with Crippen LogP contribution in [0, 0.1) is 5.41 Å². The van der Waals surface area contributed by atoms with Crippen molar-refractivity contribution >= 4 is 11.6 Å². The van der Waals surface area contributed by atoms with Crippen LogP contribution in [0.3, 0.4) is 0 Å². The van der Waals surface area contributed by atoms with Crippen molar-refractivity contribution in [3.63, 3.8) is 0 Å². The van der Waals surface area contributed by atoms with Gasteiger partial charge in [0.25, 0.3) is 0 Å². The second-order valence-electron chi connectivity index (χ2n) is 6.49. The number of aliphatic imine (C=N–C) groups is 1. The Balaban J connectivity index is 1.59. The maximum atomic E-state index is 12.2. The lowest BCUT2D eigenvalue weighted by Crippen LogP contribution is -2.61. The van der Waals surface area contributed by atoms with Crippen molar-refractivity contribution in [3.05, 3.63) is 24.3 Å². The van der Waals surface area contributed by atoms with Crippen molar-refractivity contribution in [2.45, 2.75) is 51.1 Å². The summed E-state index contributed by atoms with van der Waals surface area (Å²) in [6.45, 7) is 2.69. The maximum absolute atomic E-state index is 12.2. The van der Waals surface area contributed by atoms with Gasteiger partial charge < -0.3 is 20.5 Å². The molecule has 0 saturated heterocycles. The number of rotatable bonds is 5. The predicted molar refractivity (Wildman–Crippen MR) is 88.5 cm³/mol. The Hall–Kier alpha value is -1.96. The molecule has 5 nitrogen and oxygen atoms in total. The molecule has 3 N–H and O–H groups in total. The van der Waals surface area contributed by atoms with Crippen molar-refractivity contribution in [1.82, 2.24) is 0 Å². The summed E-state index contributed by atoms with van der Waals surface area (Å²) < 4.78 is 46.1. The lowest BCUT2D eigenvalue weighted by molar-refractivity contribution is -0.274. The highest BCUT2D eigenvalue weighted by molar-refractivity contribution is 5.92. The summed E-state index contributed by atoms with van der Waals surface area (Å²) >= 11 is 0. The second kappa shape index (κ2) is 6.74. The molecule has 1 aromatic rings. The fourth-order valence-corrected chi connectivity index (χ4v) is 3.67. The van der Waals surface area contributed by atoms with E-state index in [9.17, 15) is 13.2 Å². The molecular weight excluding hydrogens is 335 g/mol. The lowest BCUT2D eigenvalue weighted by Gasteiger charge is -2.59. The number of nitrogens with zero attached hydrogens (tertiary/aromatic N) is 1. The van der Waals surface area contributed by atoms with E-state index in [0.717, 1.165) is 19.3 Å². The summed E-state index contributed by atoms with van der Waals surface area (Å²) in [5.74, 6) is -0.0174. The third-order valence-electron chi connectivity index (χ3n) is 5.05. The van der Waals surface area contributed by atoms with Crippen molar-refractivity contribution in [3.8, 4) is 5.75 Å². The number of guanidine groups is 1. The molecule has 2 fully saturated rings. The van der Waals surface area contributed by atoms with Crippen LogP contribution in [0.1, 0.15) is 32.6 Å². The molecule has 2 aliphatic rings. The van der Waals surface area contributed by atoms with E-state index in [-0.39, 0.29) is 29.3 Å². The highest BCUT2D eigenvalue weighted by atomic mass is 19.4. The zero-order valence-electron chi connectivity index (χ0n) is 14.0. The normalized spacial score (nSPS) is 25.2. The van der Waals surface area contributed by atoms with Gasteiger partial charge in [-0.2, -0.15) is 0 Å². The number of hydrogen-bond donors (Lipinski definition) is 2. The quantitative estimate of drug-likeness (QED) is 0.623. The van der Waals surface area contributed by atoms with E-state index >= 15 is 0 Å². The molecule has 25 heavy (non-hydrogen) atoms. The largest absolute Gasteiger partial charge is 0.573 e. The Morgan fingerprint density at radius 1 is 1.32 bits per heavy atom. The van der Waals surface area contributed by atoms with Gasteiger partial charge in [-0.05, 0) is 50.5 Å². The zero-order valence-corrected chi connectivity index (χ0v) is 14.0. The number of nitrogens with one attached hydrogen (secondary N) is 1. The number of anilines is 1. The molecule has 0 bridgehead atoms. The van der Waals surface area contributed by atoms with Crippen LogP contribution in [-0.2, 0) is 4.74 Å². The number of nitrogens with two attached hydrogens (primary N) is 1. The molecule has 2 aliphatic carbocycles. The van der Waals surface area contributed by atoms with Crippen LogP contribution in [0.5, 0.6) is 5.75 Å². The van der Waals surface area contributed by atoms with Crippen LogP contribution in [0.4, 0.5) is 18.9 Å². The smallest absolute Gasteiger partial charge is 0.406 e. The van der Waals surface area contributed by atoms with Gasteiger partial charge in [-0.15, -0.1) is 13.2 Å². The summed E-state index contributed by atoms with van der Waals surface area (Å²) in [5, 5.41) is 2.91. The fourth-order valence-electron chi connectivity index (χ4n) is 3.67. The minimum Gasteiger partial charge on any atom is -0.406 e. The van der Waals surface area contributed by atoms with E-state index in [4.69, 9.17) is 10.5 Å². The standard InChI is InChI=1S/C17H22F3N3O2/c1-2-24-14-10-13(16(14)8-3-9-16)23-15(21)22-11-4-6-12(7-5-11)25-17(18,19)20/h4-7,13-14H,2-3,8-10H2,1H3,(H3,21,22,23). The average Bonchev–Trinajstić information content (AvgIpc) is 2.45. The summed E-state index contributed by atoms with van der Waals surface area (Å²) in [6.07, 6.45) is -0.205. The molecule has 2 saturated carbocycles. The molecule has 8 heteroatoms. The first kappa shape index (κ1) is 17.8. The first-order valence-corrected chi connectivity index (χ1v) is 8.40. The molecule has 0 amide bonds. The number of ether oxygens (including phenoxy) is 2. The molecule has 2 unspecified atom stereocenters. The third kappa shape index (κ3) is 3.84. The molecule has 2 atom stereocenters. The molecule has 3 rings (SSSR count). The first-order valence-electron chi connectivity index (χ1n) is 8.40. The maximum Gasteiger partial charge on any atom is 0.573 e. The number of benzene rings is 1. The highest BCUT2D eigenvalue weighted by Gasteiger charge is 2.59. The monoisotopic (exact) mass is 357 g/mol. The second-order valence-corrected chi connectivity index (χ2v) is 6.49. The van der Waals surface area contributed by atoms with Gasteiger partial charge in [-0.3, -0.25) is 0 Å². The van der Waals surface area contributed by atoms with Gasteiger partial charge in [-0.25, -0.2) is 4.99 Å². The SMILES string of the molecule is CCOC1CC(N=C(N)Nc2ccc(OC(F)(F)F)cc2)C12CCC2. The Labute approximate surface area is 144 Å². The Bertz CT molecular complexity index is 627. The van der Waals surface area contributed by atoms with Gasteiger partial charge in [0.15, 0.2) is 5.96 Å². The van der Waals surface area contributed by atoms with Crippen molar-refractivity contribution < 1.29 is 22.6 Å². The van der Waals surface area contributed by atoms with E-state index < -0.39 is 6.36 Å². The number of halogens is 3. The van der Waals surface area contributed by atoms with Gasteiger partial charge >= 0.3 is 6.36 Å². The summed E-state index contributed by atoms with van der Waals surface area (Å²) in [5.41, 5.74) is 6.63. The molecule has 138 valence electrons. The van der Waals surface area contributed by atoms with Gasteiger partial charge in [-0.1, -0.05) is 6.42 Å². The van der Waals surface area contributed by atoms with Gasteiger partial charge in [0.05, 0.1) is 12.1 Å². The van der Waals surface area contributed by atoms with Crippen LogP contribution in [-0.4, -0.2) is 31.1 Å². The number of alkyl halides is 3. The van der Waals surface area contributed by atoms with E-state index in [1.165, 1.54) is 30.7 Å². The highest BCUT2D eigenvalue weighted by Crippen LogP contribution is 2.58.